The van der Waals surface area contributed by atoms with Crippen LogP contribution >= 0.6 is 0 Å². The van der Waals surface area contributed by atoms with Gasteiger partial charge in [0.2, 0.25) is 5.91 Å². The molecule has 1 amide bonds. The van der Waals surface area contributed by atoms with Gasteiger partial charge in [-0.15, -0.1) is 0 Å². The molecule has 0 aromatic carbocycles. The summed E-state index contributed by atoms with van der Waals surface area (Å²) in [6.45, 7) is 4.89. The van der Waals surface area contributed by atoms with E-state index in [1.165, 1.54) is 25.7 Å². The molecule has 160 valence electrons. The molecule has 30 heavy (non-hydrogen) atoms. The van der Waals surface area contributed by atoms with Gasteiger partial charge in [0, 0.05) is 36.7 Å². The third-order valence-electron chi connectivity index (χ3n) is 7.38. The van der Waals surface area contributed by atoms with Crippen LogP contribution in [0.1, 0.15) is 62.4 Å². The van der Waals surface area contributed by atoms with Gasteiger partial charge in [-0.2, -0.15) is 0 Å². The van der Waals surface area contributed by atoms with Crippen molar-refractivity contribution in [1.82, 2.24) is 20.2 Å². The van der Waals surface area contributed by atoms with Gasteiger partial charge in [0.1, 0.15) is 11.5 Å². The van der Waals surface area contributed by atoms with Crippen molar-refractivity contribution in [2.24, 2.45) is 11.8 Å². The Labute approximate surface area is 178 Å². The molecule has 1 unspecified atom stereocenters. The third-order valence-corrected chi connectivity index (χ3v) is 7.38. The molecule has 6 rings (SSSR count). The van der Waals surface area contributed by atoms with Gasteiger partial charge in [0.15, 0.2) is 5.76 Å². The Balaban J connectivity index is 1.24. The van der Waals surface area contributed by atoms with Crippen LogP contribution in [-0.4, -0.2) is 46.5 Å². The second-order valence-electron chi connectivity index (χ2n) is 9.32. The maximum Gasteiger partial charge on any atom is 0.223 e. The number of carbonyl (C=O) groups is 1. The molecule has 4 aliphatic rings. The minimum atomic E-state index is 0.242. The number of aryl methyl sites for hydroxylation is 1. The summed E-state index contributed by atoms with van der Waals surface area (Å²) in [5.74, 6) is 3.16. The molecule has 2 aromatic heterocycles. The predicted molar refractivity (Wildman–Crippen MR) is 115 cm³/mol. The van der Waals surface area contributed by atoms with Crippen LogP contribution in [0, 0.1) is 18.8 Å². The zero-order valence-corrected chi connectivity index (χ0v) is 17.8. The van der Waals surface area contributed by atoms with Crippen LogP contribution in [0.15, 0.2) is 28.9 Å². The molecule has 2 aromatic rings. The highest BCUT2D eigenvalue weighted by molar-refractivity contribution is 5.78. The standard InChI is InChI=1S/C24H32N4O2/c1-16-26-21(13-22(27-16)23-8-5-11-30-23)20-15-28-10-9-18(20)12-19(28)14-25-24(29)17-6-3-2-4-7-17/h5,8,11,13,17-20H,2-4,6-7,9-10,12,14-15H2,1H3,(H,25,29)/t18-,19+,20+/m0/s1. The summed E-state index contributed by atoms with van der Waals surface area (Å²) in [6.07, 6.45) is 9.85. The average Bonchev–Trinajstić information content (AvgIpc) is 3.33. The number of fused-ring (bicyclic) bond motifs is 3. The minimum Gasteiger partial charge on any atom is -0.463 e. The van der Waals surface area contributed by atoms with Crippen molar-refractivity contribution in [1.29, 1.82) is 0 Å². The summed E-state index contributed by atoms with van der Waals surface area (Å²) in [4.78, 5) is 24.5. The molecule has 2 bridgehead atoms. The molecular formula is C24H32N4O2. The van der Waals surface area contributed by atoms with Crippen LogP contribution in [0.25, 0.3) is 11.5 Å². The van der Waals surface area contributed by atoms with Gasteiger partial charge in [-0.05, 0) is 63.3 Å². The first-order valence-electron chi connectivity index (χ1n) is 11.6. The van der Waals surface area contributed by atoms with Gasteiger partial charge in [0.25, 0.3) is 0 Å². The lowest BCUT2D eigenvalue weighted by molar-refractivity contribution is -0.126. The van der Waals surface area contributed by atoms with Crippen molar-refractivity contribution < 1.29 is 9.21 Å². The van der Waals surface area contributed by atoms with Crippen LogP contribution < -0.4 is 5.32 Å². The first-order chi connectivity index (χ1) is 14.7. The summed E-state index contributed by atoms with van der Waals surface area (Å²) < 4.78 is 5.56. The number of hydrogen-bond donors (Lipinski definition) is 1. The Morgan fingerprint density at radius 2 is 2.10 bits per heavy atom. The molecule has 1 saturated carbocycles. The van der Waals surface area contributed by atoms with Crippen LogP contribution in [0.4, 0.5) is 0 Å². The zero-order valence-electron chi connectivity index (χ0n) is 17.8. The topological polar surface area (TPSA) is 71.3 Å². The molecule has 0 spiro atoms. The van der Waals surface area contributed by atoms with Crippen molar-refractivity contribution in [2.75, 3.05) is 19.6 Å². The molecule has 5 heterocycles. The molecular weight excluding hydrogens is 376 g/mol. The smallest absolute Gasteiger partial charge is 0.223 e. The summed E-state index contributed by atoms with van der Waals surface area (Å²) in [5, 5.41) is 3.28. The van der Waals surface area contributed by atoms with Gasteiger partial charge >= 0.3 is 0 Å². The van der Waals surface area contributed by atoms with Crippen LogP contribution in [0.5, 0.6) is 0 Å². The van der Waals surface area contributed by atoms with Gasteiger partial charge in [0.05, 0.1) is 6.26 Å². The molecule has 6 nitrogen and oxygen atoms in total. The Kier molecular flexibility index (Phi) is 5.59. The van der Waals surface area contributed by atoms with Gasteiger partial charge in [-0.25, -0.2) is 9.97 Å². The average molecular weight is 409 g/mol. The van der Waals surface area contributed by atoms with Crippen molar-refractivity contribution in [2.45, 2.75) is 63.8 Å². The SMILES string of the molecule is Cc1nc(-c2ccco2)cc([C@@H]2CN3CC[C@H]2C[C@@H]3CNC(=O)C2CCCCC2)n1. The largest absolute Gasteiger partial charge is 0.463 e. The number of carbonyl (C=O) groups excluding carboxylic acids is 1. The van der Waals surface area contributed by atoms with E-state index in [1.54, 1.807) is 6.26 Å². The maximum absolute atomic E-state index is 12.6. The van der Waals surface area contributed by atoms with E-state index in [1.807, 2.05) is 19.1 Å². The Bertz CT molecular complexity index is 875. The van der Waals surface area contributed by atoms with E-state index in [0.717, 1.165) is 61.9 Å². The quantitative estimate of drug-likeness (QED) is 0.812. The number of furan rings is 1. The summed E-state index contributed by atoms with van der Waals surface area (Å²) >= 11 is 0. The molecule has 6 heteroatoms. The second-order valence-corrected chi connectivity index (χ2v) is 9.32. The molecule has 3 saturated heterocycles. The summed E-state index contributed by atoms with van der Waals surface area (Å²) in [5.41, 5.74) is 2.00. The van der Waals surface area contributed by atoms with Gasteiger partial charge in [-0.3, -0.25) is 9.69 Å². The van der Waals surface area contributed by atoms with Gasteiger partial charge in [-0.1, -0.05) is 19.3 Å². The predicted octanol–water partition coefficient (Wildman–Crippen LogP) is 3.92. The zero-order chi connectivity index (χ0) is 20.5. The lowest BCUT2D eigenvalue weighted by Gasteiger charge is -2.49. The van der Waals surface area contributed by atoms with E-state index in [0.29, 0.717) is 17.9 Å². The van der Waals surface area contributed by atoms with Crippen molar-refractivity contribution >= 4 is 5.91 Å². The number of amides is 1. The fraction of sp³-hybridized carbons (Fsp3) is 0.625. The van der Waals surface area contributed by atoms with Crippen molar-refractivity contribution in [3.63, 3.8) is 0 Å². The minimum absolute atomic E-state index is 0.242. The van der Waals surface area contributed by atoms with Crippen LogP contribution in [0.3, 0.4) is 0 Å². The first-order valence-corrected chi connectivity index (χ1v) is 11.6. The maximum atomic E-state index is 12.6. The van der Waals surface area contributed by atoms with Crippen molar-refractivity contribution in [3.8, 4) is 11.5 Å². The molecule has 3 aliphatic heterocycles. The monoisotopic (exact) mass is 408 g/mol. The van der Waals surface area contributed by atoms with E-state index >= 15 is 0 Å². The molecule has 4 atom stereocenters. The number of aromatic nitrogens is 2. The van der Waals surface area contributed by atoms with Crippen LogP contribution in [0.2, 0.25) is 0 Å². The number of hydrogen-bond acceptors (Lipinski definition) is 5. The lowest BCUT2D eigenvalue weighted by atomic mass is 9.74. The second kappa shape index (κ2) is 8.50. The summed E-state index contributed by atoms with van der Waals surface area (Å²) in [7, 11) is 0. The molecule has 0 radical (unpaired) electrons. The first kappa shape index (κ1) is 19.7. The van der Waals surface area contributed by atoms with Crippen molar-refractivity contribution in [3.05, 3.63) is 36.0 Å². The lowest BCUT2D eigenvalue weighted by Crippen LogP contribution is -2.56. The molecule has 1 N–H and O–H groups in total. The highest BCUT2D eigenvalue weighted by Crippen LogP contribution is 2.41. The van der Waals surface area contributed by atoms with E-state index in [9.17, 15) is 4.79 Å². The fourth-order valence-corrected chi connectivity index (χ4v) is 5.74. The third kappa shape index (κ3) is 4.02. The highest BCUT2D eigenvalue weighted by Gasteiger charge is 2.41. The normalized spacial score (nSPS) is 29.1. The Morgan fingerprint density at radius 1 is 1.23 bits per heavy atom. The number of nitrogens with zero attached hydrogens (tertiary/aromatic N) is 3. The number of piperidine rings is 3. The van der Waals surface area contributed by atoms with E-state index < -0.39 is 0 Å². The fourth-order valence-electron chi connectivity index (χ4n) is 5.74. The Morgan fingerprint density at radius 3 is 2.83 bits per heavy atom. The summed E-state index contributed by atoms with van der Waals surface area (Å²) in [6, 6.07) is 6.41. The highest BCUT2D eigenvalue weighted by atomic mass is 16.3. The van der Waals surface area contributed by atoms with Crippen LogP contribution in [-0.2, 0) is 4.79 Å². The number of rotatable bonds is 5. The van der Waals surface area contributed by atoms with Gasteiger partial charge < -0.3 is 9.73 Å². The Hall–Kier alpha value is -2.21. The van der Waals surface area contributed by atoms with E-state index in [4.69, 9.17) is 9.40 Å². The molecule has 1 aliphatic carbocycles. The van der Waals surface area contributed by atoms with E-state index in [2.05, 4.69) is 21.3 Å². The van der Waals surface area contributed by atoms with E-state index in [-0.39, 0.29) is 11.8 Å². The number of nitrogens with one attached hydrogen (secondary N) is 1. The molecule has 4 fully saturated rings.